The lowest BCUT2D eigenvalue weighted by atomic mass is 10.3. The molecule has 5 nitrogen and oxygen atoms in total. The van der Waals surface area contributed by atoms with Crippen molar-refractivity contribution in [1.29, 1.82) is 0 Å². The van der Waals surface area contributed by atoms with Gasteiger partial charge >= 0.3 is 0 Å². The van der Waals surface area contributed by atoms with Crippen LogP contribution in [-0.4, -0.2) is 51.0 Å². The normalized spacial score (nSPS) is 17.0. The van der Waals surface area contributed by atoms with E-state index in [1.165, 1.54) is 12.1 Å². The second-order valence-corrected chi connectivity index (χ2v) is 8.85. The summed E-state index contributed by atoms with van der Waals surface area (Å²) >= 11 is 11.0. The van der Waals surface area contributed by atoms with Gasteiger partial charge in [0.25, 0.3) is 0 Å². The molecule has 118 valence electrons. The van der Waals surface area contributed by atoms with E-state index in [1.807, 2.05) is 11.8 Å². The summed E-state index contributed by atoms with van der Waals surface area (Å²) in [7, 11) is -3.63. The zero-order valence-electron chi connectivity index (χ0n) is 11.3. The number of halogens is 2. The summed E-state index contributed by atoms with van der Waals surface area (Å²) in [5, 5.41) is 0.295. The maximum atomic E-state index is 12.3. The number of hydrogen-bond acceptors (Lipinski definition) is 5. The van der Waals surface area contributed by atoms with Crippen LogP contribution >= 0.6 is 39.3 Å². The van der Waals surface area contributed by atoms with Gasteiger partial charge in [-0.05, 0) is 28.1 Å². The highest BCUT2D eigenvalue weighted by Crippen LogP contribution is 2.31. The minimum Gasteiger partial charge on any atom is -0.398 e. The van der Waals surface area contributed by atoms with Gasteiger partial charge in [0.1, 0.15) is 0 Å². The van der Waals surface area contributed by atoms with Crippen molar-refractivity contribution < 1.29 is 8.42 Å². The summed E-state index contributed by atoms with van der Waals surface area (Å²) in [4.78, 5) is 2.32. The Labute approximate surface area is 142 Å². The Morgan fingerprint density at radius 1 is 1.38 bits per heavy atom. The van der Waals surface area contributed by atoms with Crippen molar-refractivity contribution in [2.45, 2.75) is 4.90 Å². The summed E-state index contributed by atoms with van der Waals surface area (Å²) in [5.74, 6) is 2.20. The molecule has 0 atom stereocenters. The van der Waals surface area contributed by atoms with E-state index < -0.39 is 10.0 Å². The second-order valence-electron chi connectivity index (χ2n) is 4.66. The van der Waals surface area contributed by atoms with Crippen molar-refractivity contribution in [2.75, 3.05) is 43.4 Å². The van der Waals surface area contributed by atoms with Gasteiger partial charge in [-0.25, -0.2) is 13.1 Å². The van der Waals surface area contributed by atoms with Gasteiger partial charge in [0.2, 0.25) is 10.0 Å². The standard InChI is InChI=1S/C12H17BrClN3O2S2/c13-12-10(15)7-9(14)8-11(12)21(18,19)16-1-2-17-3-5-20-6-4-17/h7-8,16H,1-6,15H2. The van der Waals surface area contributed by atoms with Gasteiger partial charge in [0.15, 0.2) is 0 Å². The number of anilines is 1. The number of sulfonamides is 1. The first kappa shape index (κ1) is 17.4. The van der Waals surface area contributed by atoms with Crippen LogP contribution in [0.15, 0.2) is 21.5 Å². The Hall–Kier alpha value is 0.01000. The maximum Gasteiger partial charge on any atom is 0.241 e. The molecule has 2 rings (SSSR count). The van der Waals surface area contributed by atoms with Crippen LogP contribution in [0.5, 0.6) is 0 Å². The molecule has 1 aliphatic heterocycles. The molecule has 0 radical (unpaired) electrons. The number of nitrogen functional groups attached to an aromatic ring is 1. The third-order valence-corrected chi connectivity index (χ3v) is 6.94. The number of thioether (sulfide) groups is 1. The van der Waals surface area contributed by atoms with Gasteiger partial charge in [0.05, 0.1) is 9.37 Å². The zero-order chi connectivity index (χ0) is 15.5. The predicted molar refractivity (Wildman–Crippen MR) is 92.5 cm³/mol. The Morgan fingerprint density at radius 2 is 2.05 bits per heavy atom. The van der Waals surface area contributed by atoms with Crippen LogP contribution in [0.25, 0.3) is 0 Å². The summed E-state index contributed by atoms with van der Waals surface area (Å²) in [6.07, 6.45) is 0. The molecule has 3 N–H and O–H groups in total. The van der Waals surface area contributed by atoms with Gasteiger partial charge < -0.3 is 10.6 Å². The molecule has 0 bridgehead atoms. The Morgan fingerprint density at radius 3 is 2.71 bits per heavy atom. The fraction of sp³-hybridized carbons (Fsp3) is 0.500. The van der Waals surface area contributed by atoms with Crippen molar-refractivity contribution in [1.82, 2.24) is 9.62 Å². The predicted octanol–water partition coefficient (Wildman–Crippen LogP) is 2.01. The first-order valence-electron chi connectivity index (χ1n) is 6.44. The molecular weight excluding hydrogens is 398 g/mol. The highest BCUT2D eigenvalue weighted by atomic mass is 79.9. The van der Waals surface area contributed by atoms with E-state index in [-0.39, 0.29) is 4.90 Å². The number of rotatable bonds is 5. The summed E-state index contributed by atoms with van der Waals surface area (Å²) in [5.41, 5.74) is 6.03. The Bertz CT molecular complexity index is 607. The van der Waals surface area contributed by atoms with E-state index in [0.717, 1.165) is 24.6 Å². The molecule has 1 aliphatic rings. The lowest BCUT2D eigenvalue weighted by Gasteiger charge is -2.26. The van der Waals surface area contributed by atoms with Gasteiger partial charge in [-0.15, -0.1) is 0 Å². The van der Waals surface area contributed by atoms with Gasteiger partial charge in [-0.3, -0.25) is 0 Å². The number of nitrogens with two attached hydrogens (primary N) is 1. The molecule has 21 heavy (non-hydrogen) atoms. The Kier molecular flexibility index (Phi) is 6.22. The molecular formula is C12H17BrClN3O2S2. The van der Waals surface area contributed by atoms with Crippen molar-refractivity contribution in [3.05, 3.63) is 21.6 Å². The summed E-state index contributed by atoms with van der Waals surface area (Å²) in [6, 6.07) is 2.90. The van der Waals surface area contributed by atoms with E-state index in [2.05, 4.69) is 25.6 Å². The fourth-order valence-electron chi connectivity index (χ4n) is 2.02. The Balaban J connectivity index is 2.01. The van der Waals surface area contributed by atoms with Crippen LogP contribution in [0, 0.1) is 0 Å². The first-order chi connectivity index (χ1) is 9.90. The monoisotopic (exact) mass is 413 g/mol. The molecule has 0 aromatic heterocycles. The van der Waals surface area contributed by atoms with E-state index in [1.54, 1.807) is 0 Å². The third kappa shape index (κ3) is 4.74. The summed E-state index contributed by atoms with van der Waals surface area (Å²) in [6.45, 7) is 3.07. The van der Waals surface area contributed by atoms with Crippen molar-refractivity contribution >= 4 is 55.0 Å². The van der Waals surface area contributed by atoms with Crippen LogP contribution in [0.1, 0.15) is 0 Å². The maximum absolute atomic E-state index is 12.3. The van der Waals surface area contributed by atoms with Crippen molar-refractivity contribution in [3.8, 4) is 0 Å². The molecule has 0 unspecified atom stereocenters. The van der Waals surface area contributed by atoms with Gasteiger partial charge in [-0.1, -0.05) is 11.6 Å². The van der Waals surface area contributed by atoms with E-state index in [9.17, 15) is 8.42 Å². The molecule has 1 aromatic rings. The minimum absolute atomic E-state index is 0.0710. The van der Waals surface area contributed by atoms with Crippen LogP contribution in [-0.2, 0) is 10.0 Å². The lowest BCUT2D eigenvalue weighted by molar-refractivity contribution is 0.307. The van der Waals surface area contributed by atoms with Gasteiger partial charge in [-0.2, -0.15) is 11.8 Å². The van der Waals surface area contributed by atoms with Crippen molar-refractivity contribution in [2.24, 2.45) is 0 Å². The highest BCUT2D eigenvalue weighted by molar-refractivity contribution is 9.10. The largest absolute Gasteiger partial charge is 0.398 e. The molecule has 1 aromatic carbocycles. The number of hydrogen-bond donors (Lipinski definition) is 2. The van der Waals surface area contributed by atoms with E-state index in [0.29, 0.717) is 28.3 Å². The SMILES string of the molecule is Nc1cc(Cl)cc(S(=O)(=O)NCCN2CCSCC2)c1Br. The third-order valence-electron chi connectivity index (χ3n) is 3.15. The molecule has 1 saturated heterocycles. The fourth-order valence-corrected chi connectivity index (χ4v) is 5.31. The van der Waals surface area contributed by atoms with E-state index in [4.69, 9.17) is 17.3 Å². The highest BCUT2D eigenvalue weighted by Gasteiger charge is 2.20. The topological polar surface area (TPSA) is 75.4 Å². The van der Waals surface area contributed by atoms with Crippen molar-refractivity contribution in [3.63, 3.8) is 0 Å². The second kappa shape index (κ2) is 7.52. The first-order valence-corrected chi connectivity index (χ1v) is 10.3. The van der Waals surface area contributed by atoms with Crippen LogP contribution in [0.3, 0.4) is 0 Å². The number of nitrogens with one attached hydrogen (secondary N) is 1. The number of nitrogens with zero attached hydrogens (tertiary/aromatic N) is 1. The average Bonchev–Trinajstić information content (AvgIpc) is 2.43. The van der Waals surface area contributed by atoms with E-state index >= 15 is 0 Å². The average molecular weight is 415 g/mol. The molecule has 9 heteroatoms. The zero-order valence-corrected chi connectivity index (χ0v) is 15.3. The number of benzene rings is 1. The minimum atomic E-state index is -3.63. The van der Waals surface area contributed by atoms with Gasteiger partial charge in [0, 0.05) is 48.4 Å². The smallest absolute Gasteiger partial charge is 0.241 e. The molecule has 0 aliphatic carbocycles. The molecule has 0 spiro atoms. The van der Waals surface area contributed by atoms with Crippen LogP contribution in [0.4, 0.5) is 5.69 Å². The lowest BCUT2D eigenvalue weighted by Crippen LogP contribution is -2.39. The molecule has 0 saturated carbocycles. The quantitative estimate of drug-likeness (QED) is 0.721. The molecule has 1 fully saturated rings. The summed E-state index contributed by atoms with van der Waals surface area (Å²) < 4.78 is 27.6. The molecule has 0 amide bonds. The molecule has 1 heterocycles. The van der Waals surface area contributed by atoms with Crippen LogP contribution in [0.2, 0.25) is 5.02 Å². The van der Waals surface area contributed by atoms with Crippen LogP contribution < -0.4 is 10.5 Å².